The normalized spacial score (nSPS) is 16.3. The zero-order valence-electron chi connectivity index (χ0n) is 13.1. The minimum atomic E-state index is -0.211. The smallest absolute Gasteiger partial charge is 0.321 e. The van der Waals surface area contributed by atoms with Gasteiger partial charge < -0.3 is 10.6 Å². The highest BCUT2D eigenvalue weighted by molar-refractivity contribution is 7.13. The third-order valence-corrected chi connectivity index (χ3v) is 4.63. The lowest BCUT2D eigenvalue weighted by molar-refractivity contribution is -0.121. The second kappa shape index (κ2) is 8.12. The lowest BCUT2D eigenvalue weighted by Gasteiger charge is -2.11. The number of nitrogens with zero attached hydrogens (tertiary/aromatic N) is 1. The van der Waals surface area contributed by atoms with Crippen LogP contribution in [0.25, 0.3) is 0 Å². The number of amides is 3. The Balaban J connectivity index is 1.78. The molecule has 3 N–H and O–H groups in total. The number of nitrogens with one attached hydrogen (secondary N) is 3. The summed E-state index contributed by atoms with van der Waals surface area (Å²) in [7, 11) is 0. The van der Waals surface area contributed by atoms with Crippen molar-refractivity contribution in [1.29, 1.82) is 0 Å². The summed E-state index contributed by atoms with van der Waals surface area (Å²) in [6.07, 6.45) is 5.59. The molecule has 1 aromatic rings. The summed E-state index contributed by atoms with van der Waals surface area (Å²) in [6, 6.07) is 0.235. The zero-order valence-corrected chi connectivity index (χ0v) is 14.0. The van der Waals surface area contributed by atoms with Crippen LogP contribution in [0.4, 0.5) is 9.93 Å². The average Bonchev–Trinajstić information content (AvgIpc) is 3.10. The highest BCUT2D eigenvalue weighted by Gasteiger charge is 2.17. The molecule has 0 aromatic carbocycles. The van der Waals surface area contributed by atoms with E-state index in [4.69, 9.17) is 0 Å². The Hall–Kier alpha value is -1.63. The summed E-state index contributed by atoms with van der Waals surface area (Å²) in [5, 5.41) is 10.9. The van der Waals surface area contributed by atoms with Gasteiger partial charge in [-0.2, -0.15) is 0 Å². The molecule has 122 valence electrons. The van der Waals surface area contributed by atoms with Crippen molar-refractivity contribution in [2.45, 2.75) is 64.5 Å². The van der Waals surface area contributed by atoms with Gasteiger partial charge in [0.2, 0.25) is 5.91 Å². The number of thiazole rings is 1. The van der Waals surface area contributed by atoms with E-state index in [1.54, 1.807) is 5.38 Å². The molecule has 1 aliphatic rings. The predicted octanol–water partition coefficient (Wildman–Crippen LogP) is 2.66. The summed E-state index contributed by atoms with van der Waals surface area (Å²) in [4.78, 5) is 27.9. The van der Waals surface area contributed by atoms with Gasteiger partial charge in [0.1, 0.15) is 0 Å². The Morgan fingerprint density at radius 1 is 1.41 bits per heavy atom. The summed E-state index contributed by atoms with van der Waals surface area (Å²) < 4.78 is 0. The number of hydrogen-bond acceptors (Lipinski definition) is 4. The summed E-state index contributed by atoms with van der Waals surface area (Å²) in [5.41, 5.74) is 0.682. The zero-order chi connectivity index (χ0) is 15.9. The largest absolute Gasteiger partial charge is 0.353 e. The Labute approximate surface area is 135 Å². The van der Waals surface area contributed by atoms with Crippen molar-refractivity contribution in [3.05, 3.63) is 11.1 Å². The van der Waals surface area contributed by atoms with Gasteiger partial charge in [0, 0.05) is 17.5 Å². The fraction of sp³-hybridized carbons (Fsp3) is 0.667. The monoisotopic (exact) mass is 324 g/mol. The number of urea groups is 1. The van der Waals surface area contributed by atoms with Crippen molar-refractivity contribution in [3.63, 3.8) is 0 Å². The van der Waals surface area contributed by atoms with E-state index in [0.717, 1.165) is 19.3 Å². The lowest BCUT2D eigenvalue weighted by atomic mass is 10.2. The van der Waals surface area contributed by atoms with E-state index < -0.39 is 0 Å². The van der Waals surface area contributed by atoms with Crippen LogP contribution in [-0.2, 0) is 11.2 Å². The molecule has 2 rings (SSSR count). The first-order valence-electron chi connectivity index (χ1n) is 7.88. The fourth-order valence-corrected chi connectivity index (χ4v) is 3.13. The molecule has 1 aliphatic carbocycles. The molecule has 0 unspecified atom stereocenters. The maximum atomic E-state index is 11.8. The quantitative estimate of drug-likeness (QED) is 0.752. The van der Waals surface area contributed by atoms with Crippen LogP contribution in [0.1, 0.15) is 51.6 Å². The first-order valence-corrected chi connectivity index (χ1v) is 8.76. The maximum absolute atomic E-state index is 11.8. The lowest BCUT2D eigenvalue weighted by Crippen LogP contribution is -2.36. The van der Waals surface area contributed by atoms with E-state index in [2.05, 4.69) is 20.9 Å². The van der Waals surface area contributed by atoms with E-state index in [9.17, 15) is 9.59 Å². The number of aromatic nitrogens is 1. The van der Waals surface area contributed by atoms with Crippen molar-refractivity contribution in [2.75, 3.05) is 5.32 Å². The van der Waals surface area contributed by atoms with E-state index in [1.165, 1.54) is 24.2 Å². The van der Waals surface area contributed by atoms with Gasteiger partial charge in [0.15, 0.2) is 5.13 Å². The van der Waals surface area contributed by atoms with Crippen LogP contribution in [0.5, 0.6) is 0 Å². The number of anilines is 1. The van der Waals surface area contributed by atoms with Crippen LogP contribution in [-0.4, -0.2) is 29.0 Å². The number of rotatable bonds is 6. The van der Waals surface area contributed by atoms with Crippen molar-refractivity contribution in [1.82, 2.24) is 15.6 Å². The van der Waals surface area contributed by atoms with Crippen LogP contribution >= 0.6 is 11.3 Å². The Morgan fingerprint density at radius 3 is 2.82 bits per heavy atom. The van der Waals surface area contributed by atoms with Crippen molar-refractivity contribution < 1.29 is 9.59 Å². The van der Waals surface area contributed by atoms with E-state index in [1.807, 2.05) is 13.8 Å². The Kier molecular flexibility index (Phi) is 6.18. The number of carbonyl (C=O) groups excluding carboxylic acids is 2. The molecule has 0 radical (unpaired) electrons. The van der Waals surface area contributed by atoms with Gasteiger partial charge in [-0.15, -0.1) is 11.3 Å². The van der Waals surface area contributed by atoms with Crippen LogP contribution in [0, 0.1) is 0 Å². The van der Waals surface area contributed by atoms with Gasteiger partial charge in [-0.1, -0.05) is 19.8 Å². The van der Waals surface area contributed by atoms with Gasteiger partial charge in [0.25, 0.3) is 0 Å². The molecule has 6 nitrogen and oxygen atoms in total. The minimum Gasteiger partial charge on any atom is -0.353 e. The highest BCUT2D eigenvalue weighted by atomic mass is 32.1. The predicted molar refractivity (Wildman–Crippen MR) is 88.1 cm³/mol. The van der Waals surface area contributed by atoms with Gasteiger partial charge in [-0.25, -0.2) is 9.78 Å². The molecular formula is C15H24N4O2S. The molecule has 1 atom stereocenters. The van der Waals surface area contributed by atoms with Gasteiger partial charge >= 0.3 is 6.03 Å². The molecule has 3 amide bonds. The summed E-state index contributed by atoms with van der Waals surface area (Å²) >= 11 is 1.34. The van der Waals surface area contributed by atoms with Crippen LogP contribution in [0.2, 0.25) is 0 Å². The van der Waals surface area contributed by atoms with E-state index in [-0.39, 0.29) is 30.4 Å². The average molecular weight is 324 g/mol. The minimum absolute atomic E-state index is 0.0402. The molecule has 1 heterocycles. The summed E-state index contributed by atoms with van der Waals surface area (Å²) in [5.74, 6) is -0.0402. The molecule has 1 saturated carbocycles. The van der Waals surface area contributed by atoms with Crippen LogP contribution < -0.4 is 16.0 Å². The molecule has 0 spiro atoms. The van der Waals surface area contributed by atoms with Crippen LogP contribution in [0.3, 0.4) is 0 Å². The Bertz CT molecular complexity index is 511. The molecule has 0 bridgehead atoms. The fourth-order valence-electron chi connectivity index (χ4n) is 2.43. The molecule has 1 aromatic heterocycles. The molecule has 7 heteroatoms. The third-order valence-electron chi connectivity index (χ3n) is 3.82. The first kappa shape index (κ1) is 16.7. The van der Waals surface area contributed by atoms with Crippen molar-refractivity contribution in [3.8, 4) is 0 Å². The maximum Gasteiger partial charge on any atom is 0.321 e. The van der Waals surface area contributed by atoms with Gasteiger partial charge in [-0.3, -0.25) is 10.1 Å². The van der Waals surface area contributed by atoms with Gasteiger partial charge in [-0.05, 0) is 26.2 Å². The second-order valence-corrected chi connectivity index (χ2v) is 6.64. The van der Waals surface area contributed by atoms with Crippen molar-refractivity contribution >= 4 is 28.4 Å². The SMILES string of the molecule is CC[C@H](C)NC(=O)Cc1csc(NC(=O)NC2CCCC2)n1. The first-order chi connectivity index (χ1) is 10.6. The molecule has 1 fully saturated rings. The number of hydrogen-bond donors (Lipinski definition) is 3. The summed E-state index contributed by atoms with van der Waals surface area (Å²) in [6.45, 7) is 4.00. The topological polar surface area (TPSA) is 83.1 Å². The number of carbonyl (C=O) groups is 2. The van der Waals surface area contributed by atoms with Crippen LogP contribution in [0.15, 0.2) is 5.38 Å². The Morgan fingerprint density at radius 2 is 2.14 bits per heavy atom. The third kappa shape index (κ3) is 5.29. The standard InChI is InChI=1S/C15H24N4O2S/c1-3-10(2)16-13(20)8-12-9-22-15(18-12)19-14(21)17-11-6-4-5-7-11/h9-11H,3-8H2,1-2H3,(H,16,20)(H2,17,18,19,21)/t10-/m0/s1. The highest BCUT2D eigenvalue weighted by Crippen LogP contribution is 2.19. The van der Waals surface area contributed by atoms with E-state index >= 15 is 0 Å². The molecule has 22 heavy (non-hydrogen) atoms. The van der Waals surface area contributed by atoms with E-state index in [0.29, 0.717) is 10.8 Å². The molecule has 0 saturated heterocycles. The van der Waals surface area contributed by atoms with Gasteiger partial charge in [0.05, 0.1) is 12.1 Å². The molecular weight excluding hydrogens is 300 g/mol. The second-order valence-electron chi connectivity index (χ2n) is 5.78. The van der Waals surface area contributed by atoms with Crippen molar-refractivity contribution in [2.24, 2.45) is 0 Å². The molecule has 0 aliphatic heterocycles.